The van der Waals surface area contributed by atoms with Crippen molar-refractivity contribution in [3.63, 3.8) is 0 Å². The molecule has 0 radical (unpaired) electrons. The number of halogens is 2. The van der Waals surface area contributed by atoms with Gasteiger partial charge in [-0.2, -0.15) is 0 Å². The van der Waals surface area contributed by atoms with E-state index < -0.39 is 0 Å². The number of hydrogen-bond acceptors (Lipinski definition) is 2. The Morgan fingerprint density at radius 1 is 1.59 bits per heavy atom. The average Bonchev–Trinajstić information content (AvgIpc) is 2.27. The molecule has 1 N–H and O–H groups in total. The van der Waals surface area contributed by atoms with Crippen LogP contribution in [0.1, 0.15) is 25.5 Å². The van der Waals surface area contributed by atoms with Crippen LogP contribution in [0, 0.1) is 5.82 Å². The van der Waals surface area contributed by atoms with Crippen molar-refractivity contribution in [2.24, 2.45) is 0 Å². The average molecular weight is 302 g/mol. The van der Waals surface area contributed by atoms with Crippen molar-refractivity contribution in [3.8, 4) is 5.75 Å². The lowest BCUT2D eigenvalue weighted by atomic mass is 10.1. The Bertz CT molecular complexity index is 395. The Hall–Kier alpha value is -0.870. The van der Waals surface area contributed by atoms with Crippen molar-refractivity contribution in [1.29, 1.82) is 0 Å². The largest absolute Gasteiger partial charge is 0.488 e. The minimum Gasteiger partial charge on any atom is -0.488 e. The molecule has 0 aliphatic rings. The Morgan fingerprint density at radius 2 is 2.29 bits per heavy atom. The zero-order valence-corrected chi connectivity index (χ0v) is 11.7. The van der Waals surface area contributed by atoms with Crippen molar-refractivity contribution in [1.82, 2.24) is 5.32 Å². The summed E-state index contributed by atoms with van der Waals surface area (Å²) in [6, 6.07) is 4.59. The van der Waals surface area contributed by atoms with Crippen LogP contribution in [0.5, 0.6) is 5.75 Å². The van der Waals surface area contributed by atoms with Gasteiger partial charge in [0.1, 0.15) is 18.2 Å². The number of ether oxygens (including phenoxy) is 1. The van der Waals surface area contributed by atoms with E-state index in [2.05, 4.69) is 27.8 Å². The first kappa shape index (κ1) is 14.2. The first-order chi connectivity index (χ1) is 8.04. The summed E-state index contributed by atoms with van der Waals surface area (Å²) in [5, 5.41) is 3.24. The highest BCUT2D eigenvalue weighted by Gasteiger charge is 2.12. The number of hydrogen-bond donors (Lipinski definition) is 1. The van der Waals surface area contributed by atoms with E-state index in [9.17, 15) is 4.39 Å². The predicted molar refractivity (Wildman–Crippen MR) is 72.1 cm³/mol. The molecule has 2 nitrogen and oxygen atoms in total. The molecule has 1 aromatic carbocycles. The maximum Gasteiger partial charge on any atom is 0.124 e. The molecule has 0 aromatic heterocycles. The number of rotatable bonds is 6. The molecule has 1 unspecified atom stereocenters. The summed E-state index contributed by atoms with van der Waals surface area (Å²) in [5.41, 5.74) is 0.820. The molecule has 94 valence electrons. The van der Waals surface area contributed by atoms with Gasteiger partial charge in [0.05, 0.1) is 0 Å². The third-order valence-corrected chi connectivity index (χ3v) is 2.56. The van der Waals surface area contributed by atoms with E-state index in [1.165, 1.54) is 12.1 Å². The van der Waals surface area contributed by atoms with Crippen LogP contribution in [0.15, 0.2) is 29.3 Å². The highest BCUT2D eigenvalue weighted by Crippen LogP contribution is 2.26. The van der Waals surface area contributed by atoms with Crippen LogP contribution >= 0.6 is 15.9 Å². The molecule has 4 heteroatoms. The van der Waals surface area contributed by atoms with Gasteiger partial charge in [0.2, 0.25) is 0 Å². The Balaban J connectivity index is 2.90. The molecule has 0 spiro atoms. The lowest BCUT2D eigenvalue weighted by molar-refractivity contribution is 0.351. The van der Waals surface area contributed by atoms with Gasteiger partial charge in [-0.1, -0.05) is 29.4 Å². The molecule has 0 heterocycles. The normalized spacial score (nSPS) is 12.2. The molecular weight excluding hydrogens is 285 g/mol. The van der Waals surface area contributed by atoms with E-state index in [1.807, 2.05) is 13.8 Å². The molecule has 0 saturated carbocycles. The zero-order valence-electron chi connectivity index (χ0n) is 10.1. The molecule has 17 heavy (non-hydrogen) atoms. The van der Waals surface area contributed by atoms with E-state index in [0.717, 1.165) is 16.6 Å². The minimum atomic E-state index is -0.255. The molecule has 0 bridgehead atoms. The third-order valence-electron chi connectivity index (χ3n) is 2.33. The van der Waals surface area contributed by atoms with E-state index in [0.29, 0.717) is 12.4 Å². The Kier molecular flexibility index (Phi) is 5.65. The lowest BCUT2D eigenvalue weighted by Gasteiger charge is -2.17. The van der Waals surface area contributed by atoms with Gasteiger partial charge < -0.3 is 10.1 Å². The fourth-order valence-electron chi connectivity index (χ4n) is 1.56. The first-order valence-electron chi connectivity index (χ1n) is 5.53. The summed E-state index contributed by atoms with van der Waals surface area (Å²) in [6.45, 7) is 8.89. The maximum atomic E-state index is 13.2. The van der Waals surface area contributed by atoms with Crippen LogP contribution in [-0.2, 0) is 0 Å². The second-order valence-corrected chi connectivity index (χ2v) is 4.89. The van der Waals surface area contributed by atoms with Crippen LogP contribution in [-0.4, -0.2) is 13.2 Å². The molecule has 0 aliphatic heterocycles. The number of nitrogens with one attached hydrogen (secondary N) is 1. The highest BCUT2D eigenvalue weighted by molar-refractivity contribution is 9.11. The van der Waals surface area contributed by atoms with Crippen molar-refractivity contribution >= 4 is 15.9 Å². The SMILES string of the molecule is C=C(Br)COc1ccc(F)cc1C(C)NCC. The second kappa shape index (κ2) is 6.77. The minimum absolute atomic E-state index is 0.0503. The van der Waals surface area contributed by atoms with Crippen molar-refractivity contribution < 1.29 is 9.13 Å². The van der Waals surface area contributed by atoms with Crippen LogP contribution < -0.4 is 10.1 Å². The van der Waals surface area contributed by atoms with E-state index in [1.54, 1.807) is 6.07 Å². The number of benzene rings is 1. The van der Waals surface area contributed by atoms with Crippen molar-refractivity contribution in [2.75, 3.05) is 13.2 Å². The van der Waals surface area contributed by atoms with Gasteiger partial charge in [-0.3, -0.25) is 0 Å². The van der Waals surface area contributed by atoms with Gasteiger partial charge in [-0.25, -0.2) is 4.39 Å². The Labute approximate surface area is 110 Å². The fraction of sp³-hybridized carbons (Fsp3) is 0.385. The van der Waals surface area contributed by atoms with Crippen LogP contribution in [0.2, 0.25) is 0 Å². The standard InChI is InChI=1S/C13H17BrFNO/c1-4-16-10(3)12-7-11(15)5-6-13(12)17-8-9(2)14/h5-7,10,16H,2,4,8H2,1,3H3. The molecule has 0 saturated heterocycles. The topological polar surface area (TPSA) is 21.3 Å². The van der Waals surface area contributed by atoms with Crippen molar-refractivity contribution in [3.05, 3.63) is 40.6 Å². The third kappa shape index (κ3) is 4.48. The predicted octanol–water partition coefficient (Wildman–Crippen LogP) is 3.78. The smallest absolute Gasteiger partial charge is 0.124 e. The van der Waals surface area contributed by atoms with Gasteiger partial charge in [-0.05, 0) is 31.7 Å². The molecule has 0 fully saturated rings. The summed E-state index contributed by atoms with van der Waals surface area (Å²) in [7, 11) is 0. The fourth-order valence-corrected chi connectivity index (χ4v) is 1.68. The van der Waals surface area contributed by atoms with Gasteiger partial charge in [0, 0.05) is 16.1 Å². The van der Waals surface area contributed by atoms with E-state index >= 15 is 0 Å². The molecule has 0 amide bonds. The Morgan fingerprint density at radius 3 is 2.88 bits per heavy atom. The monoisotopic (exact) mass is 301 g/mol. The summed E-state index contributed by atoms with van der Waals surface area (Å²) in [6.07, 6.45) is 0. The van der Waals surface area contributed by atoms with Gasteiger partial charge >= 0.3 is 0 Å². The summed E-state index contributed by atoms with van der Waals surface area (Å²) in [4.78, 5) is 0. The lowest BCUT2D eigenvalue weighted by Crippen LogP contribution is -2.18. The molecular formula is C13H17BrFNO. The summed E-state index contributed by atoms with van der Waals surface area (Å²) < 4.78 is 19.6. The molecule has 1 atom stereocenters. The summed E-state index contributed by atoms with van der Waals surface area (Å²) >= 11 is 3.23. The zero-order chi connectivity index (χ0) is 12.8. The molecule has 1 rings (SSSR count). The van der Waals surface area contributed by atoms with E-state index in [4.69, 9.17) is 4.74 Å². The molecule has 1 aromatic rings. The van der Waals surface area contributed by atoms with Crippen LogP contribution in [0.3, 0.4) is 0 Å². The highest BCUT2D eigenvalue weighted by atomic mass is 79.9. The first-order valence-corrected chi connectivity index (χ1v) is 6.32. The quantitative estimate of drug-likeness (QED) is 0.863. The maximum absolute atomic E-state index is 13.2. The molecule has 0 aliphatic carbocycles. The van der Waals surface area contributed by atoms with Gasteiger partial charge in [-0.15, -0.1) is 0 Å². The summed E-state index contributed by atoms with van der Waals surface area (Å²) in [5.74, 6) is 0.426. The van der Waals surface area contributed by atoms with Crippen molar-refractivity contribution in [2.45, 2.75) is 19.9 Å². The second-order valence-electron chi connectivity index (χ2n) is 3.77. The van der Waals surface area contributed by atoms with Gasteiger partial charge in [0.25, 0.3) is 0 Å². The van der Waals surface area contributed by atoms with E-state index in [-0.39, 0.29) is 11.9 Å². The van der Waals surface area contributed by atoms with Crippen LogP contribution in [0.25, 0.3) is 0 Å². The van der Waals surface area contributed by atoms with Crippen LogP contribution in [0.4, 0.5) is 4.39 Å². The van der Waals surface area contributed by atoms with Gasteiger partial charge in [0.15, 0.2) is 0 Å².